The summed E-state index contributed by atoms with van der Waals surface area (Å²) in [6.07, 6.45) is 2.01. The molecule has 1 unspecified atom stereocenters. The van der Waals surface area contributed by atoms with Gasteiger partial charge in [0, 0.05) is 12.3 Å². The zero-order valence-corrected chi connectivity index (χ0v) is 12.9. The van der Waals surface area contributed by atoms with Crippen molar-refractivity contribution in [3.05, 3.63) is 53.2 Å². The second-order valence-electron chi connectivity index (χ2n) is 4.65. The monoisotopic (exact) mass is 334 g/mol. The lowest BCUT2D eigenvalue weighted by Gasteiger charge is -2.07. The molecule has 1 N–H and O–H groups in total. The Kier molecular flexibility index (Phi) is 4.31. The van der Waals surface area contributed by atoms with Gasteiger partial charge >= 0.3 is 0 Å². The van der Waals surface area contributed by atoms with Gasteiger partial charge in [-0.2, -0.15) is 0 Å². The lowest BCUT2D eigenvalue weighted by atomic mass is 10.1. The van der Waals surface area contributed by atoms with Crippen molar-refractivity contribution in [3.8, 4) is 11.6 Å². The van der Waals surface area contributed by atoms with E-state index in [1.807, 2.05) is 12.1 Å². The molecule has 0 radical (unpaired) electrons. The Morgan fingerprint density at radius 2 is 1.95 bits per heavy atom. The summed E-state index contributed by atoms with van der Waals surface area (Å²) in [7, 11) is 0. The number of pyridine rings is 1. The van der Waals surface area contributed by atoms with Gasteiger partial charge in [0.2, 0.25) is 11.8 Å². The third-order valence-electron chi connectivity index (χ3n) is 3.03. The molecule has 0 saturated carbocycles. The molecule has 1 aliphatic rings. The van der Waals surface area contributed by atoms with Crippen LogP contribution in [0.15, 0.2) is 42.6 Å². The van der Waals surface area contributed by atoms with Crippen LogP contribution in [0.1, 0.15) is 5.56 Å². The Morgan fingerprint density at radius 1 is 1.18 bits per heavy atom. The normalized spacial score (nSPS) is 17.4. The first kappa shape index (κ1) is 14.9. The van der Waals surface area contributed by atoms with Gasteiger partial charge in [-0.15, -0.1) is 0 Å². The van der Waals surface area contributed by atoms with Crippen LogP contribution < -0.4 is 10.1 Å². The van der Waals surface area contributed by atoms with E-state index in [4.69, 9.17) is 16.3 Å². The summed E-state index contributed by atoms with van der Waals surface area (Å²) in [5, 5.41) is 2.17. The van der Waals surface area contributed by atoms with Crippen LogP contribution >= 0.6 is 23.4 Å². The maximum absolute atomic E-state index is 11.5. The summed E-state index contributed by atoms with van der Waals surface area (Å²) in [5.41, 5.74) is 0.957. The molecule has 0 aliphatic carbocycles. The number of ether oxygens (including phenoxy) is 1. The van der Waals surface area contributed by atoms with Gasteiger partial charge < -0.3 is 4.74 Å². The summed E-state index contributed by atoms with van der Waals surface area (Å²) >= 11 is 6.79. The molecule has 7 heteroatoms. The first-order chi connectivity index (χ1) is 10.6. The SMILES string of the molecule is O=C1NC(=O)C(Cc2ccc(Oc3ccc(Cl)cn3)cc2)S1. The largest absolute Gasteiger partial charge is 0.439 e. The van der Waals surface area contributed by atoms with Crippen molar-refractivity contribution in [1.82, 2.24) is 10.3 Å². The van der Waals surface area contributed by atoms with Crippen LogP contribution in [-0.4, -0.2) is 21.4 Å². The fourth-order valence-electron chi connectivity index (χ4n) is 1.98. The van der Waals surface area contributed by atoms with E-state index in [1.54, 1.807) is 24.3 Å². The highest BCUT2D eigenvalue weighted by atomic mass is 35.5. The molecule has 1 saturated heterocycles. The van der Waals surface area contributed by atoms with Crippen molar-refractivity contribution in [1.29, 1.82) is 0 Å². The second kappa shape index (κ2) is 6.37. The number of hydrogen-bond acceptors (Lipinski definition) is 5. The second-order valence-corrected chi connectivity index (χ2v) is 6.26. The maximum atomic E-state index is 11.5. The number of carbonyl (C=O) groups is 2. The summed E-state index contributed by atoms with van der Waals surface area (Å²) in [6, 6.07) is 10.7. The number of amides is 2. The number of thioether (sulfide) groups is 1. The predicted octanol–water partition coefficient (Wildman–Crippen LogP) is 3.42. The van der Waals surface area contributed by atoms with Crippen molar-refractivity contribution in [2.45, 2.75) is 11.7 Å². The quantitative estimate of drug-likeness (QED) is 0.927. The van der Waals surface area contributed by atoms with Crippen molar-refractivity contribution >= 4 is 34.5 Å². The van der Waals surface area contributed by atoms with E-state index >= 15 is 0 Å². The molecule has 5 nitrogen and oxygen atoms in total. The first-order valence-electron chi connectivity index (χ1n) is 6.50. The third-order valence-corrected chi connectivity index (χ3v) is 4.24. The van der Waals surface area contributed by atoms with Crippen molar-refractivity contribution in [2.75, 3.05) is 0 Å². The third kappa shape index (κ3) is 3.58. The van der Waals surface area contributed by atoms with E-state index in [2.05, 4.69) is 10.3 Å². The number of halogens is 1. The van der Waals surface area contributed by atoms with Crippen LogP contribution in [0.2, 0.25) is 5.02 Å². The lowest BCUT2D eigenvalue weighted by molar-refractivity contribution is -0.118. The molecule has 2 heterocycles. The number of imide groups is 1. The topological polar surface area (TPSA) is 68.3 Å². The maximum Gasteiger partial charge on any atom is 0.286 e. The van der Waals surface area contributed by atoms with E-state index in [-0.39, 0.29) is 16.4 Å². The molecule has 2 amide bonds. The highest BCUT2D eigenvalue weighted by Crippen LogP contribution is 2.25. The van der Waals surface area contributed by atoms with E-state index < -0.39 is 0 Å². The number of carbonyl (C=O) groups excluding carboxylic acids is 2. The van der Waals surface area contributed by atoms with Gasteiger partial charge in [0.25, 0.3) is 5.24 Å². The molecular weight excluding hydrogens is 324 g/mol. The van der Waals surface area contributed by atoms with Gasteiger partial charge in [0.15, 0.2) is 0 Å². The van der Waals surface area contributed by atoms with Gasteiger partial charge in [0.1, 0.15) is 5.75 Å². The molecule has 1 aromatic carbocycles. The summed E-state index contributed by atoms with van der Waals surface area (Å²) in [6.45, 7) is 0. The zero-order chi connectivity index (χ0) is 15.5. The molecule has 1 fully saturated rings. The van der Waals surface area contributed by atoms with Crippen LogP contribution in [-0.2, 0) is 11.2 Å². The van der Waals surface area contributed by atoms with E-state index in [1.165, 1.54) is 6.20 Å². The zero-order valence-electron chi connectivity index (χ0n) is 11.3. The number of aromatic nitrogens is 1. The van der Waals surface area contributed by atoms with E-state index in [0.29, 0.717) is 23.1 Å². The number of nitrogens with one attached hydrogen (secondary N) is 1. The van der Waals surface area contributed by atoms with Gasteiger partial charge in [-0.25, -0.2) is 4.98 Å². The highest BCUT2D eigenvalue weighted by molar-refractivity contribution is 8.15. The molecule has 0 bridgehead atoms. The summed E-state index contributed by atoms with van der Waals surface area (Å²) < 4.78 is 5.59. The molecule has 1 atom stereocenters. The molecule has 2 aromatic rings. The van der Waals surface area contributed by atoms with Crippen LogP contribution in [0.5, 0.6) is 11.6 Å². The summed E-state index contributed by atoms with van der Waals surface area (Å²) in [4.78, 5) is 26.7. The summed E-state index contributed by atoms with van der Waals surface area (Å²) in [5.74, 6) is 0.854. The average Bonchev–Trinajstić information content (AvgIpc) is 2.81. The average molecular weight is 335 g/mol. The van der Waals surface area contributed by atoms with E-state index in [9.17, 15) is 9.59 Å². The van der Waals surface area contributed by atoms with Crippen LogP contribution in [0, 0.1) is 0 Å². The fraction of sp³-hybridized carbons (Fsp3) is 0.133. The molecule has 3 rings (SSSR count). The van der Waals surface area contributed by atoms with Crippen LogP contribution in [0.25, 0.3) is 0 Å². The number of rotatable bonds is 4. The molecule has 0 spiro atoms. The molecule has 1 aliphatic heterocycles. The lowest BCUT2D eigenvalue weighted by Crippen LogP contribution is -2.25. The Balaban J connectivity index is 1.64. The number of benzene rings is 1. The number of hydrogen-bond donors (Lipinski definition) is 1. The Morgan fingerprint density at radius 3 is 2.55 bits per heavy atom. The van der Waals surface area contributed by atoms with Crippen molar-refractivity contribution in [2.24, 2.45) is 0 Å². The highest BCUT2D eigenvalue weighted by Gasteiger charge is 2.31. The first-order valence-corrected chi connectivity index (χ1v) is 7.76. The molecule has 112 valence electrons. The predicted molar refractivity (Wildman–Crippen MR) is 84.4 cm³/mol. The van der Waals surface area contributed by atoms with Gasteiger partial charge in [0.05, 0.1) is 10.3 Å². The molecular formula is C15H11ClN2O3S. The Bertz CT molecular complexity index is 704. The van der Waals surface area contributed by atoms with Crippen molar-refractivity contribution < 1.29 is 14.3 Å². The van der Waals surface area contributed by atoms with Crippen LogP contribution in [0.3, 0.4) is 0 Å². The standard InChI is InChI=1S/C15H11ClN2O3S/c16-10-3-6-13(17-8-10)21-11-4-1-9(2-5-11)7-12-14(19)18-15(20)22-12/h1-6,8,12H,7H2,(H,18,19,20). The van der Waals surface area contributed by atoms with E-state index in [0.717, 1.165) is 17.3 Å². The minimum absolute atomic E-state index is 0.235. The Labute approximate surface area is 136 Å². The minimum Gasteiger partial charge on any atom is -0.439 e. The molecule has 22 heavy (non-hydrogen) atoms. The van der Waals surface area contributed by atoms with Gasteiger partial charge in [-0.3, -0.25) is 14.9 Å². The molecule has 1 aromatic heterocycles. The van der Waals surface area contributed by atoms with Gasteiger partial charge in [-0.1, -0.05) is 35.5 Å². The number of nitrogens with zero attached hydrogens (tertiary/aromatic N) is 1. The minimum atomic E-state index is -0.364. The van der Waals surface area contributed by atoms with Crippen LogP contribution in [0.4, 0.5) is 4.79 Å². The van der Waals surface area contributed by atoms with Gasteiger partial charge in [-0.05, 0) is 30.2 Å². The smallest absolute Gasteiger partial charge is 0.286 e. The van der Waals surface area contributed by atoms with Crippen molar-refractivity contribution in [3.63, 3.8) is 0 Å². The Hall–Kier alpha value is -2.05. The fourth-order valence-corrected chi connectivity index (χ4v) is 2.95.